The molecule has 2 N–H and O–H groups in total. The van der Waals surface area contributed by atoms with Gasteiger partial charge in [0.2, 0.25) is 5.90 Å². The molecule has 0 spiro atoms. The number of hydrogen-bond acceptors (Lipinski definition) is 6. The van der Waals surface area contributed by atoms with Gasteiger partial charge < -0.3 is 23.5 Å². The molecule has 0 saturated heterocycles. The topological polar surface area (TPSA) is 114 Å². The van der Waals surface area contributed by atoms with Crippen LogP contribution in [-0.2, 0) is 25.3 Å². The molecule has 0 unspecified atom stereocenters. The molecule has 1 fully saturated rings. The Hall–Kier alpha value is -5.06. The van der Waals surface area contributed by atoms with Crippen LogP contribution in [0, 0.1) is 44.4 Å². The second-order valence-electron chi connectivity index (χ2n) is 16.3. The summed E-state index contributed by atoms with van der Waals surface area (Å²) in [6, 6.07) is 13.6. The van der Waals surface area contributed by atoms with Crippen molar-refractivity contribution in [3.63, 3.8) is 0 Å². The van der Waals surface area contributed by atoms with Gasteiger partial charge in [0.25, 0.3) is 5.91 Å². The SMILES string of the molecule is Cc1cc(OCCCc2c3n(c4c(-c5c(C)nn(C)c5C)c(Cl)ccc24)[C@H](C)CN(c2cn(C)c4ccc(C(=N)OC(=N)C5CCCCC5)cc24)C3=O)cc(C)c1Cl. The lowest BCUT2D eigenvalue weighted by Gasteiger charge is -2.34. The summed E-state index contributed by atoms with van der Waals surface area (Å²) in [7, 11) is 3.92. The second-order valence-corrected chi connectivity index (χ2v) is 17.0. The molecule has 3 aromatic heterocycles. The maximum absolute atomic E-state index is 15.3. The first kappa shape index (κ1) is 39.8. The van der Waals surface area contributed by atoms with Gasteiger partial charge in [-0.2, -0.15) is 5.10 Å². The highest BCUT2D eigenvalue weighted by Crippen LogP contribution is 2.46. The second kappa shape index (κ2) is 15.6. The number of aromatic nitrogens is 4. The molecule has 58 heavy (non-hydrogen) atoms. The zero-order valence-electron chi connectivity index (χ0n) is 34.4. The molecule has 302 valence electrons. The highest BCUT2D eigenvalue weighted by atomic mass is 35.5. The number of ether oxygens (including phenoxy) is 2. The lowest BCUT2D eigenvalue weighted by atomic mass is 9.89. The number of benzene rings is 3. The maximum atomic E-state index is 15.3. The fourth-order valence-corrected chi connectivity index (χ4v) is 9.64. The van der Waals surface area contributed by atoms with Crippen LogP contribution in [0.1, 0.15) is 95.6 Å². The van der Waals surface area contributed by atoms with Crippen molar-refractivity contribution in [2.24, 2.45) is 20.0 Å². The number of carbonyl (C=O) groups excluding carboxylic acids is 1. The molecule has 1 saturated carbocycles. The molecule has 12 heteroatoms. The van der Waals surface area contributed by atoms with Gasteiger partial charge >= 0.3 is 0 Å². The Bertz CT molecular complexity index is 2620. The van der Waals surface area contributed by atoms with Crippen LogP contribution in [0.2, 0.25) is 10.0 Å². The normalized spacial score (nSPS) is 16.1. The van der Waals surface area contributed by atoms with Gasteiger partial charge in [-0.05, 0) is 113 Å². The van der Waals surface area contributed by atoms with E-state index in [0.29, 0.717) is 42.3 Å². The minimum atomic E-state index is -0.120. The number of hydrogen-bond donors (Lipinski definition) is 2. The number of nitrogens with zero attached hydrogens (tertiary/aromatic N) is 5. The first-order valence-corrected chi connectivity index (χ1v) is 21.0. The number of carbonyl (C=O) groups is 1. The molecule has 6 aromatic rings. The van der Waals surface area contributed by atoms with E-state index in [4.69, 9.17) is 48.6 Å². The number of rotatable bonds is 9. The first-order chi connectivity index (χ1) is 27.7. The third kappa shape index (κ3) is 6.87. The van der Waals surface area contributed by atoms with Crippen molar-refractivity contribution in [1.29, 1.82) is 10.8 Å². The van der Waals surface area contributed by atoms with Gasteiger partial charge in [-0.25, -0.2) is 0 Å². The van der Waals surface area contributed by atoms with Crippen molar-refractivity contribution in [2.45, 2.75) is 85.6 Å². The van der Waals surface area contributed by atoms with Crippen LogP contribution in [0.15, 0.2) is 48.7 Å². The monoisotopic (exact) mass is 819 g/mol. The van der Waals surface area contributed by atoms with Crippen LogP contribution >= 0.6 is 23.2 Å². The molecule has 4 heterocycles. The summed E-state index contributed by atoms with van der Waals surface area (Å²) in [5.41, 5.74) is 10.5. The Morgan fingerprint density at radius 1 is 0.931 bits per heavy atom. The number of anilines is 1. The van der Waals surface area contributed by atoms with Crippen molar-refractivity contribution >= 4 is 68.4 Å². The molecule has 1 aliphatic carbocycles. The lowest BCUT2D eigenvalue weighted by molar-refractivity contribution is 0.0957. The largest absolute Gasteiger partial charge is 0.494 e. The molecule has 1 atom stereocenters. The van der Waals surface area contributed by atoms with Crippen LogP contribution in [-0.4, -0.2) is 49.8 Å². The molecule has 3 aromatic carbocycles. The summed E-state index contributed by atoms with van der Waals surface area (Å²) in [5, 5.41) is 25.4. The minimum Gasteiger partial charge on any atom is -0.494 e. The Kier molecular flexibility index (Phi) is 10.7. The fourth-order valence-electron chi connectivity index (χ4n) is 9.28. The third-order valence-corrected chi connectivity index (χ3v) is 13.2. The van der Waals surface area contributed by atoms with Crippen LogP contribution in [0.3, 0.4) is 0 Å². The summed E-state index contributed by atoms with van der Waals surface area (Å²) in [6.07, 6.45) is 8.47. The van der Waals surface area contributed by atoms with Gasteiger partial charge in [0.1, 0.15) is 11.4 Å². The Labute approximate surface area is 349 Å². The molecule has 1 aliphatic heterocycles. The van der Waals surface area contributed by atoms with Gasteiger partial charge in [-0.3, -0.25) is 20.3 Å². The van der Waals surface area contributed by atoms with E-state index in [-0.39, 0.29) is 29.7 Å². The highest BCUT2D eigenvalue weighted by Gasteiger charge is 2.38. The summed E-state index contributed by atoms with van der Waals surface area (Å²) in [4.78, 5) is 17.2. The molecule has 1 amide bonds. The van der Waals surface area contributed by atoms with Crippen molar-refractivity contribution in [3.05, 3.63) is 98.0 Å². The van der Waals surface area contributed by atoms with Gasteiger partial charge in [0, 0.05) is 82.5 Å². The van der Waals surface area contributed by atoms with E-state index in [1.165, 1.54) is 6.42 Å². The molecular weight excluding hydrogens is 769 g/mol. The molecular formula is C46H51Cl2N7O3. The van der Waals surface area contributed by atoms with E-state index in [9.17, 15) is 0 Å². The first-order valence-electron chi connectivity index (χ1n) is 20.3. The van der Waals surface area contributed by atoms with Crippen molar-refractivity contribution in [1.82, 2.24) is 18.9 Å². The van der Waals surface area contributed by atoms with Crippen LogP contribution in [0.25, 0.3) is 32.9 Å². The molecule has 0 radical (unpaired) electrons. The number of amides is 1. The molecule has 10 nitrogen and oxygen atoms in total. The van der Waals surface area contributed by atoms with Crippen LogP contribution in [0.5, 0.6) is 5.75 Å². The number of nitrogens with one attached hydrogen (secondary N) is 2. The van der Waals surface area contributed by atoms with E-state index in [0.717, 1.165) is 103 Å². The van der Waals surface area contributed by atoms with E-state index in [2.05, 4.69) is 24.5 Å². The highest BCUT2D eigenvalue weighted by molar-refractivity contribution is 6.35. The fraction of sp³-hybridized carbons (Fsp3) is 0.391. The Morgan fingerprint density at radius 2 is 1.66 bits per heavy atom. The number of fused-ring (bicyclic) bond motifs is 4. The smallest absolute Gasteiger partial charge is 0.275 e. The van der Waals surface area contributed by atoms with Gasteiger partial charge in [-0.1, -0.05) is 48.5 Å². The predicted molar refractivity (Wildman–Crippen MR) is 235 cm³/mol. The van der Waals surface area contributed by atoms with E-state index < -0.39 is 0 Å². The van der Waals surface area contributed by atoms with Gasteiger partial charge in [0.05, 0.1) is 28.5 Å². The zero-order valence-corrected chi connectivity index (χ0v) is 35.9. The van der Waals surface area contributed by atoms with Crippen molar-refractivity contribution in [3.8, 4) is 16.9 Å². The zero-order chi connectivity index (χ0) is 41.2. The average Bonchev–Trinajstić information content (AvgIpc) is 3.80. The van der Waals surface area contributed by atoms with E-state index >= 15 is 4.79 Å². The van der Waals surface area contributed by atoms with E-state index in [1.807, 2.05) is 91.6 Å². The lowest BCUT2D eigenvalue weighted by Crippen LogP contribution is -2.42. The molecule has 2 aliphatic rings. The third-order valence-electron chi connectivity index (χ3n) is 12.3. The van der Waals surface area contributed by atoms with Crippen molar-refractivity contribution in [2.75, 3.05) is 18.1 Å². The van der Waals surface area contributed by atoms with Gasteiger partial charge in [0.15, 0.2) is 5.90 Å². The standard InChI is InChI=1S/C46H51Cl2N7O3/c1-25-20-32(21-26(2)41(25)48)57-19-11-14-33-34-16-17-36(47)40(39-28(4)51-53(7)29(39)5)42(34)55-27(3)23-54(46(56)43(33)55)38-24-52(6)37-18-15-31(22-35(37)38)45(50)58-44(49)30-12-9-8-10-13-30/h15-18,20-22,24,27,30,49-50H,8-14,19,23H2,1-7H3/t27-/m1/s1. The summed E-state index contributed by atoms with van der Waals surface area (Å²) in [6.45, 7) is 11.1. The predicted octanol–water partition coefficient (Wildman–Crippen LogP) is 11.2. The summed E-state index contributed by atoms with van der Waals surface area (Å²) < 4.78 is 18.2. The summed E-state index contributed by atoms with van der Waals surface area (Å²) >= 11 is 13.6. The average molecular weight is 821 g/mol. The van der Waals surface area contributed by atoms with Crippen LogP contribution < -0.4 is 9.64 Å². The summed E-state index contributed by atoms with van der Waals surface area (Å²) in [5.74, 6) is 0.842. The van der Waals surface area contributed by atoms with Gasteiger partial charge in [-0.15, -0.1) is 0 Å². The Balaban J connectivity index is 1.20. The molecule has 0 bridgehead atoms. The number of halogens is 2. The van der Waals surface area contributed by atoms with Crippen molar-refractivity contribution < 1.29 is 14.3 Å². The van der Waals surface area contributed by atoms with Crippen LogP contribution in [0.4, 0.5) is 5.69 Å². The number of aryl methyl sites for hydroxylation is 6. The van der Waals surface area contributed by atoms with E-state index in [1.54, 1.807) is 0 Å². The molecule has 8 rings (SSSR count). The maximum Gasteiger partial charge on any atom is 0.275 e. The minimum absolute atomic E-state index is 0.0513. The Morgan fingerprint density at radius 3 is 2.34 bits per heavy atom. The quantitative estimate of drug-likeness (QED) is 0.0859.